The van der Waals surface area contributed by atoms with Crippen LogP contribution in [0.25, 0.3) is 0 Å². The van der Waals surface area contributed by atoms with Crippen molar-refractivity contribution in [3.63, 3.8) is 0 Å². The number of nitrogens with zero attached hydrogens (tertiary/aromatic N) is 1. The molecule has 0 saturated heterocycles. The summed E-state index contributed by atoms with van der Waals surface area (Å²) in [5.41, 5.74) is 7.09. The summed E-state index contributed by atoms with van der Waals surface area (Å²) < 4.78 is 0. The summed E-state index contributed by atoms with van der Waals surface area (Å²) in [4.78, 5) is 14.6. The lowest BCUT2D eigenvalue weighted by Crippen LogP contribution is -2.33. The van der Waals surface area contributed by atoms with Gasteiger partial charge in [0.15, 0.2) is 0 Å². The highest BCUT2D eigenvalue weighted by Crippen LogP contribution is 2.06. The van der Waals surface area contributed by atoms with Crippen molar-refractivity contribution in [1.82, 2.24) is 0 Å². The van der Waals surface area contributed by atoms with Crippen molar-refractivity contribution in [1.29, 1.82) is 0 Å². The molecule has 0 aromatic carbocycles. The molecule has 3 nitrogen and oxygen atoms in total. The first-order chi connectivity index (χ1) is 4.61. The van der Waals surface area contributed by atoms with Crippen LogP contribution in [0.4, 0.5) is 0 Å². The van der Waals surface area contributed by atoms with Gasteiger partial charge >= 0.3 is 0 Å². The Bertz CT molecular complexity index is 228. The Morgan fingerprint density at radius 2 is 2.20 bits per heavy atom. The fourth-order valence-electron chi connectivity index (χ4n) is 0.890. The lowest BCUT2D eigenvalue weighted by Gasteiger charge is -2.12. The van der Waals surface area contributed by atoms with E-state index in [-0.39, 0.29) is 5.91 Å². The minimum Gasteiger partial charge on any atom is -0.316 e. The van der Waals surface area contributed by atoms with E-state index in [4.69, 9.17) is 5.73 Å². The molecule has 0 unspecified atom stereocenters. The molecule has 0 radical (unpaired) electrons. The summed E-state index contributed by atoms with van der Waals surface area (Å²) in [6, 6.07) is -0.510. The average Bonchev–Trinajstić information content (AvgIpc) is 1.82. The van der Waals surface area contributed by atoms with Crippen LogP contribution in [0.2, 0.25) is 0 Å². The quantitative estimate of drug-likeness (QED) is 0.522. The fourth-order valence-corrected chi connectivity index (χ4v) is 0.890. The molecule has 0 fully saturated rings. The van der Waals surface area contributed by atoms with Gasteiger partial charge in [-0.25, -0.2) is 4.99 Å². The van der Waals surface area contributed by atoms with E-state index in [0.717, 1.165) is 11.3 Å². The monoisotopic (exact) mass is 138 g/mol. The van der Waals surface area contributed by atoms with Crippen LogP contribution < -0.4 is 5.73 Å². The number of hydrogen-bond acceptors (Lipinski definition) is 2. The van der Waals surface area contributed by atoms with E-state index in [0.29, 0.717) is 0 Å². The van der Waals surface area contributed by atoms with Gasteiger partial charge in [0.1, 0.15) is 6.04 Å². The molecule has 1 aliphatic heterocycles. The van der Waals surface area contributed by atoms with Gasteiger partial charge in [0.25, 0.3) is 5.91 Å². The van der Waals surface area contributed by atoms with Gasteiger partial charge in [-0.05, 0) is 25.5 Å². The lowest BCUT2D eigenvalue weighted by atomic mass is 10.1. The van der Waals surface area contributed by atoms with Crippen molar-refractivity contribution in [3.8, 4) is 0 Å². The van der Waals surface area contributed by atoms with E-state index < -0.39 is 6.04 Å². The van der Waals surface area contributed by atoms with Gasteiger partial charge in [-0.2, -0.15) is 0 Å². The number of dihydropyridines is 1. The maximum absolute atomic E-state index is 10.9. The van der Waals surface area contributed by atoms with Crippen molar-refractivity contribution in [3.05, 3.63) is 11.6 Å². The zero-order valence-electron chi connectivity index (χ0n) is 6.09. The van der Waals surface area contributed by atoms with Crippen molar-refractivity contribution < 1.29 is 4.79 Å². The normalized spacial score (nSPS) is 25.9. The Morgan fingerprint density at radius 1 is 1.60 bits per heavy atom. The molecule has 0 aromatic heterocycles. The zero-order valence-corrected chi connectivity index (χ0v) is 6.09. The van der Waals surface area contributed by atoms with E-state index in [2.05, 4.69) is 4.99 Å². The Kier molecular flexibility index (Phi) is 1.68. The maximum Gasteiger partial charge on any atom is 0.267 e. The third-order valence-electron chi connectivity index (χ3n) is 1.48. The standard InChI is InChI=1S/C7H10N2O/c1-4-3-5(2)9-7(10)6(4)8/h3,6H,8H2,1-2H3/t6-/m1/s1. The molecule has 2 N–H and O–H groups in total. The molecule has 0 spiro atoms. The van der Waals surface area contributed by atoms with Crippen LogP contribution in [0.1, 0.15) is 13.8 Å². The molecule has 10 heavy (non-hydrogen) atoms. The van der Waals surface area contributed by atoms with Gasteiger partial charge in [0, 0.05) is 5.71 Å². The van der Waals surface area contributed by atoms with Crippen LogP contribution in [0.5, 0.6) is 0 Å². The third-order valence-corrected chi connectivity index (χ3v) is 1.48. The van der Waals surface area contributed by atoms with Crippen LogP contribution in [0.3, 0.4) is 0 Å². The number of hydrogen-bond donors (Lipinski definition) is 1. The molecule has 1 aliphatic rings. The molecule has 54 valence electrons. The SMILES string of the molecule is CC1=CC(C)=NC(=O)[C@@H]1N. The average molecular weight is 138 g/mol. The number of amides is 1. The molecule has 0 bridgehead atoms. The minimum atomic E-state index is -0.510. The third kappa shape index (κ3) is 1.14. The smallest absolute Gasteiger partial charge is 0.267 e. The van der Waals surface area contributed by atoms with Gasteiger partial charge in [0.05, 0.1) is 0 Å². The number of carbonyl (C=O) groups excluding carboxylic acids is 1. The van der Waals surface area contributed by atoms with Crippen LogP contribution in [0, 0.1) is 0 Å². The van der Waals surface area contributed by atoms with E-state index >= 15 is 0 Å². The molecule has 1 rings (SSSR count). The first kappa shape index (κ1) is 7.15. The van der Waals surface area contributed by atoms with Crippen LogP contribution in [0.15, 0.2) is 16.6 Å². The highest BCUT2D eigenvalue weighted by molar-refractivity contribution is 6.06. The van der Waals surface area contributed by atoms with Gasteiger partial charge in [-0.15, -0.1) is 0 Å². The summed E-state index contributed by atoms with van der Waals surface area (Å²) in [7, 11) is 0. The van der Waals surface area contributed by atoms with Gasteiger partial charge < -0.3 is 5.73 Å². The number of aliphatic imine (C=N–C) groups is 1. The summed E-state index contributed by atoms with van der Waals surface area (Å²) >= 11 is 0. The molecule has 0 aliphatic carbocycles. The minimum absolute atomic E-state index is 0.238. The Hall–Kier alpha value is -0.960. The predicted molar refractivity (Wildman–Crippen MR) is 39.8 cm³/mol. The molecular weight excluding hydrogens is 128 g/mol. The zero-order chi connectivity index (χ0) is 7.72. The largest absolute Gasteiger partial charge is 0.316 e. The summed E-state index contributed by atoms with van der Waals surface area (Å²) in [6.07, 6.45) is 1.83. The maximum atomic E-state index is 10.9. The van der Waals surface area contributed by atoms with Crippen molar-refractivity contribution in [2.24, 2.45) is 10.7 Å². The summed E-state index contributed by atoms with van der Waals surface area (Å²) in [5.74, 6) is -0.238. The van der Waals surface area contributed by atoms with Crippen LogP contribution in [-0.2, 0) is 4.79 Å². The predicted octanol–water partition coefficient (Wildman–Crippen LogP) is 0.261. The van der Waals surface area contributed by atoms with Crippen molar-refractivity contribution in [2.75, 3.05) is 0 Å². The van der Waals surface area contributed by atoms with E-state index in [1.54, 1.807) is 6.92 Å². The molecule has 1 amide bonds. The van der Waals surface area contributed by atoms with E-state index in [9.17, 15) is 4.79 Å². The van der Waals surface area contributed by atoms with E-state index in [1.165, 1.54) is 0 Å². The highest BCUT2D eigenvalue weighted by atomic mass is 16.1. The Morgan fingerprint density at radius 3 is 2.70 bits per heavy atom. The molecule has 0 aromatic rings. The Labute approximate surface area is 59.6 Å². The van der Waals surface area contributed by atoms with Crippen LogP contribution in [-0.4, -0.2) is 17.7 Å². The van der Waals surface area contributed by atoms with E-state index in [1.807, 2.05) is 13.0 Å². The number of nitrogens with two attached hydrogens (primary N) is 1. The lowest BCUT2D eigenvalue weighted by molar-refractivity contribution is -0.118. The number of carbonyl (C=O) groups is 1. The second kappa shape index (κ2) is 2.34. The van der Waals surface area contributed by atoms with Crippen molar-refractivity contribution in [2.45, 2.75) is 19.9 Å². The van der Waals surface area contributed by atoms with Gasteiger partial charge in [0.2, 0.25) is 0 Å². The molecular formula is C7H10N2O. The second-order valence-electron chi connectivity index (χ2n) is 2.46. The van der Waals surface area contributed by atoms with Crippen molar-refractivity contribution >= 4 is 11.6 Å². The molecule has 1 atom stereocenters. The Balaban J connectivity index is 2.95. The highest BCUT2D eigenvalue weighted by Gasteiger charge is 2.17. The summed E-state index contributed by atoms with van der Waals surface area (Å²) in [6.45, 7) is 3.62. The molecule has 1 heterocycles. The second-order valence-corrected chi connectivity index (χ2v) is 2.46. The first-order valence-electron chi connectivity index (χ1n) is 3.14. The van der Waals surface area contributed by atoms with Crippen LogP contribution >= 0.6 is 0 Å². The molecule has 0 saturated carbocycles. The van der Waals surface area contributed by atoms with Gasteiger partial charge in [-0.1, -0.05) is 0 Å². The first-order valence-corrected chi connectivity index (χ1v) is 3.14. The number of allylic oxidation sites excluding steroid dienone is 1. The topological polar surface area (TPSA) is 55.5 Å². The number of rotatable bonds is 0. The molecule has 3 heteroatoms. The fraction of sp³-hybridized carbons (Fsp3) is 0.429. The van der Waals surface area contributed by atoms with Gasteiger partial charge in [-0.3, -0.25) is 4.79 Å². The summed E-state index contributed by atoms with van der Waals surface area (Å²) in [5, 5.41) is 0.